The van der Waals surface area contributed by atoms with E-state index in [1.807, 2.05) is 25.2 Å². The van der Waals surface area contributed by atoms with Crippen LogP contribution in [0.3, 0.4) is 0 Å². The first-order chi connectivity index (χ1) is 14.0. The minimum Gasteiger partial charge on any atom is -0.480 e. The molecule has 8 nitrogen and oxygen atoms in total. The van der Waals surface area contributed by atoms with E-state index in [1.165, 1.54) is 17.6 Å². The van der Waals surface area contributed by atoms with Gasteiger partial charge in [-0.2, -0.15) is 13.2 Å². The predicted octanol–water partition coefficient (Wildman–Crippen LogP) is 1.84. The van der Waals surface area contributed by atoms with Crippen LogP contribution in [0.1, 0.15) is 18.4 Å². The highest BCUT2D eigenvalue weighted by atomic mass is 19.4. The zero-order valence-corrected chi connectivity index (χ0v) is 16.6. The number of hydrogen-bond acceptors (Lipinski definition) is 5. The zero-order valence-electron chi connectivity index (χ0n) is 16.6. The molecule has 0 aromatic heterocycles. The largest absolute Gasteiger partial charge is 0.490 e. The highest BCUT2D eigenvalue weighted by Gasteiger charge is 2.38. The fourth-order valence-corrected chi connectivity index (χ4v) is 3.09. The Kier molecular flexibility index (Phi) is 9.73. The van der Waals surface area contributed by atoms with Crippen LogP contribution in [0.4, 0.5) is 13.2 Å². The van der Waals surface area contributed by atoms with E-state index in [0.29, 0.717) is 13.0 Å². The van der Waals surface area contributed by atoms with Gasteiger partial charge in [-0.3, -0.25) is 9.69 Å². The fraction of sp³-hybridized carbons (Fsp3) is 0.526. The topological polar surface area (TPSA) is 107 Å². The van der Waals surface area contributed by atoms with Crippen molar-refractivity contribution in [3.8, 4) is 0 Å². The number of hydrogen-bond donors (Lipinski definition) is 2. The van der Waals surface area contributed by atoms with Crippen molar-refractivity contribution >= 4 is 17.8 Å². The van der Waals surface area contributed by atoms with Gasteiger partial charge in [0, 0.05) is 26.2 Å². The van der Waals surface area contributed by atoms with Gasteiger partial charge in [-0.1, -0.05) is 30.3 Å². The standard InChI is InChI=1S/C17H24N2O4.C2HF3O2/c1-18(11-13-6-4-3-5-7-13)14-8-9-19(16(20)12-23-2)15(10-14)17(21)22;3-2(4,5)1(6)7/h3-7,14-15H,8-12H2,1-2H3,(H,21,22);(H,6,7). The molecule has 30 heavy (non-hydrogen) atoms. The lowest BCUT2D eigenvalue weighted by molar-refractivity contribution is -0.192. The van der Waals surface area contributed by atoms with E-state index >= 15 is 0 Å². The van der Waals surface area contributed by atoms with Crippen molar-refractivity contribution in [1.29, 1.82) is 0 Å². The Morgan fingerprint density at radius 2 is 1.77 bits per heavy atom. The van der Waals surface area contributed by atoms with Gasteiger partial charge in [0.25, 0.3) is 0 Å². The van der Waals surface area contributed by atoms with Crippen molar-refractivity contribution in [2.75, 3.05) is 27.3 Å². The Hall–Kier alpha value is -2.66. The van der Waals surface area contributed by atoms with Crippen LogP contribution in [0.25, 0.3) is 0 Å². The van der Waals surface area contributed by atoms with Crippen molar-refractivity contribution in [1.82, 2.24) is 9.80 Å². The molecule has 1 heterocycles. The molecule has 0 spiro atoms. The van der Waals surface area contributed by atoms with E-state index in [2.05, 4.69) is 17.0 Å². The van der Waals surface area contributed by atoms with Crippen molar-refractivity contribution < 1.29 is 42.5 Å². The number of piperidine rings is 1. The summed E-state index contributed by atoms with van der Waals surface area (Å²) in [5.41, 5.74) is 1.19. The van der Waals surface area contributed by atoms with Gasteiger partial charge in [0.05, 0.1) is 0 Å². The normalized spacial score (nSPS) is 19.1. The maximum atomic E-state index is 12.0. The number of benzene rings is 1. The molecule has 0 aliphatic carbocycles. The summed E-state index contributed by atoms with van der Waals surface area (Å²) in [7, 11) is 3.44. The Bertz CT molecular complexity index is 714. The molecule has 1 aromatic rings. The van der Waals surface area contributed by atoms with Crippen molar-refractivity contribution in [2.24, 2.45) is 0 Å². The summed E-state index contributed by atoms with van der Waals surface area (Å²) in [6.07, 6.45) is -3.88. The lowest BCUT2D eigenvalue weighted by Crippen LogP contribution is -2.55. The molecule has 2 unspecified atom stereocenters. The summed E-state index contributed by atoms with van der Waals surface area (Å²) in [6, 6.07) is 9.44. The molecule has 1 aliphatic heterocycles. The van der Waals surface area contributed by atoms with Crippen LogP contribution in [-0.4, -0.2) is 83.4 Å². The van der Waals surface area contributed by atoms with Gasteiger partial charge < -0.3 is 19.8 Å². The summed E-state index contributed by atoms with van der Waals surface area (Å²) >= 11 is 0. The van der Waals surface area contributed by atoms with E-state index in [0.717, 1.165) is 13.0 Å². The van der Waals surface area contributed by atoms with E-state index in [9.17, 15) is 27.9 Å². The average molecular weight is 434 g/mol. The van der Waals surface area contributed by atoms with Crippen LogP contribution in [0.15, 0.2) is 30.3 Å². The summed E-state index contributed by atoms with van der Waals surface area (Å²) < 4.78 is 36.6. The third kappa shape index (κ3) is 7.99. The highest BCUT2D eigenvalue weighted by Crippen LogP contribution is 2.23. The summed E-state index contributed by atoms with van der Waals surface area (Å²) in [6.45, 7) is 1.14. The van der Waals surface area contributed by atoms with Gasteiger partial charge in [0.1, 0.15) is 12.6 Å². The number of carbonyl (C=O) groups excluding carboxylic acids is 1. The van der Waals surface area contributed by atoms with Gasteiger partial charge in [-0.05, 0) is 25.5 Å². The Morgan fingerprint density at radius 3 is 2.23 bits per heavy atom. The van der Waals surface area contributed by atoms with E-state index in [4.69, 9.17) is 14.6 Å². The van der Waals surface area contributed by atoms with Crippen LogP contribution < -0.4 is 0 Å². The van der Waals surface area contributed by atoms with E-state index < -0.39 is 24.2 Å². The molecule has 0 bridgehead atoms. The van der Waals surface area contributed by atoms with Crippen molar-refractivity contribution in [3.05, 3.63) is 35.9 Å². The first kappa shape index (κ1) is 25.4. The Balaban J connectivity index is 0.000000553. The molecule has 2 atom stereocenters. The van der Waals surface area contributed by atoms with Crippen LogP contribution in [-0.2, 0) is 25.7 Å². The molecule has 0 radical (unpaired) electrons. The average Bonchev–Trinajstić information content (AvgIpc) is 2.68. The van der Waals surface area contributed by atoms with Crippen molar-refractivity contribution in [2.45, 2.75) is 37.6 Å². The molecule has 1 fully saturated rings. The number of methoxy groups -OCH3 is 1. The molecule has 1 amide bonds. The van der Waals surface area contributed by atoms with E-state index in [-0.39, 0.29) is 18.6 Å². The third-order valence-corrected chi connectivity index (χ3v) is 4.59. The maximum absolute atomic E-state index is 12.0. The minimum atomic E-state index is -5.08. The molecule has 1 aliphatic rings. The molecular weight excluding hydrogens is 409 g/mol. The summed E-state index contributed by atoms with van der Waals surface area (Å²) in [5, 5.41) is 16.6. The number of carboxylic acids is 2. The first-order valence-electron chi connectivity index (χ1n) is 9.02. The number of carbonyl (C=O) groups is 3. The molecule has 2 rings (SSSR count). The molecule has 0 saturated carbocycles. The van der Waals surface area contributed by atoms with Gasteiger partial charge in [0.15, 0.2) is 0 Å². The number of carboxylic acid groups (broad SMARTS) is 2. The fourth-order valence-electron chi connectivity index (χ4n) is 3.09. The SMILES string of the molecule is COCC(=O)N1CCC(N(C)Cc2ccccc2)CC1C(=O)O.O=C(O)C(F)(F)F. The third-order valence-electron chi connectivity index (χ3n) is 4.59. The second kappa shape index (κ2) is 11.5. The Morgan fingerprint density at radius 1 is 1.20 bits per heavy atom. The quantitative estimate of drug-likeness (QED) is 0.704. The van der Waals surface area contributed by atoms with Crippen LogP contribution >= 0.6 is 0 Å². The van der Waals surface area contributed by atoms with Crippen LogP contribution in [0, 0.1) is 0 Å². The molecular formula is C19H25F3N2O6. The van der Waals surface area contributed by atoms with Crippen LogP contribution in [0.2, 0.25) is 0 Å². The number of alkyl halides is 3. The number of rotatable bonds is 6. The Labute approximate surface area is 171 Å². The number of amides is 1. The molecule has 2 N–H and O–H groups in total. The monoisotopic (exact) mass is 434 g/mol. The molecule has 11 heteroatoms. The lowest BCUT2D eigenvalue weighted by atomic mass is 9.95. The van der Waals surface area contributed by atoms with E-state index in [1.54, 1.807) is 0 Å². The second-order valence-electron chi connectivity index (χ2n) is 6.76. The summed E-state index contributed by atoms with van der Waals surface area (Å²) in [4.78, 5) is 36.0. The zero-order chi connectivity index (χ0) is 22.9. The first-order valence-corrected chi connectivity index (χ1v) is 9.02. The molecule has 1 aromatic carbocycles. The van der Waals surface area contributed by atoms with Crippen LogP contribution in [0.5, 0.6) is 0 Å². The predicted molar refractivity (Wildman–Crippen MR) is 99.6 cm³/mol. The maximum Gasteiger partial charge on any atom is 0.490 e. The van der Waals surface area contributed by atoms with Crippen molar-refractivity contribution in [3.63, 3.8) is 0 Å². The van der Waals surface area contributed by atoms with Gasteiger partial charge in [-0.15, -0.1) is 0 Å². The smallest absolute Gasteiger partial charge is 0.480 e. The number of nitrogens with zero attached hydrogens (tertiary/aromatic N) is 2. The number of ether oxygens (including phenoxy) is 1. The second-order valence-corrected chi connectivity index (χ2v) is 6.76. The summed E-state index contributed by atoms with van der Waals surface area (Å²) in [5.74, 6) is -3.97. The van der Waals surface area contributed by atoms with Gasteiger partial charge in [0.2, 0.25) is 5.91 Å². The number of halogens is 3. The van der Waals surface area contributed by atoms with Gasteiger partial charge >= 0.3 is 18.1 Å². The number of likely N-dealkylation sites (tertiary alicyclic amines) is 1. The lowest BCUT2D eigenvalue weighted by Gasteiger charge is -2.40. The molecule has 168 valence electrons. The molecule has 1 saturated heterocycles. The van der Waals surface area contributed by atoms with Gasteiger partial charge in [-0.25, -0.2) is 9.59 Å². The number of aliphatic carboxylic acids is 2. The minimum absolute atomic E-state index is 0.0751. The highest BCUT2D eigenvalue weighted by molar-refractivity contribution is 5.84.